The van der Waals surface area contributed by atoms with Crippen LogP contribution in [-0.4, -0.2) is 50.7 Å². The molecule has 1 aromatic carbocycles. The summed E-state index contributed by atoms with van der Waals surface area (Å²) >= 11 is 1.68. The molecule has 0 radical (unpaired) electrons. The number of nitrogens with zero attached hydrogens (tertiary/aromatic N) is 1. The first-order valence-corrected chi connectivity index (χ1v) is 6.90. The van der Waals surface area contributed by atoms with Gasteiger partial charge in [0.25, 0.3) is 0 Å². The Hall–Kier alpha value is -0.840. The number of Topliss-reactive ketones (excluding diaryl/α,β-unsaturated/α-hetero) is 1. The van der Waals surface area contributed by atoms with Crippen LogP contribution in [-0.2, 0) is 0 Å². The highest BCUT2D eigenvalue weighted by atomic mass is 32.2. The van der Waals surface area contributed by atoms with Gasteiger partial charge in [0.15, 0.2) is 5.78 Å². The maximum absolute atomic E-state index is 11.9. The Morgan fingerprint density at radius 3 is 2.53 bits per heavy atom. The van der Waals surface area contributed by atoms with Gasteiger partial charge >= 0.3 is 0 Å². The Bertz CT molecular complexity index is 351. The normalized spacial score (nSPS) is 10.8. The number of carbonyl (C=O) groups excluding carboxylic acids is 1. The number of thioether (sulfide) groups is 1. The minimum absolute atomic E-state index is 0.177. The van der Waals surface area contributed by atoms with Crippen LogP contribution in [0.5, 0.6) is 0 Å². The Morgan fingerprint density at radius 2 is 2.00 bits per heavy atom. The van der Waals surface area contributed by atoms with E-state index in [4.69, 9.17) is 0 Å². The predicted molar refractivity (Wildman–Crippen MR) is 74.0 cm³/mol. The number of benzene rings is 1. The molecule has 0 aliphatic heterocycles. The zero-order valence-electron chi connectivity index (χ0n) is 10.7. The minimum Gasteiger partial charge on any atom is -0.318 e. The summed E-state index contributed by atoms with van der Waals surface area (Å²) in [6.45, 7) is 2.25. The molecule has 0 bridgehead atoms. The Labute approximate surface area is 108 Å². The van der Waals surface area contributed by atoms with Crippen LogP contribution in [0.2, 0.25) is 0 Å². The lowest BCUT2D eigenvalue weighted by Gasteiger charge is -2.15. The van der Waals surface area contributed by atoms with Gasteiger partial charge in [0.05, 0.1) is 6.54 Å². The Kier molecular flexibility index (Phi) is 6.26. The summed E-state index contributed by atoms with van der Waals surface area (Å²) in [4.78, 5) is 15.2. The molecule has 1 aromatic rings. The molecule has 0 saturated heterocycles. The number of hydrogen-bond donors (Lipinski definition) is 1. The molecule has 0 aliphatic carbocycles. The molecule has 1 N–H and O–H groups in total. The Morgan fingerprint density at radius 1 is 1.35 bits per heavy atom. The lowest BCUT2D eigenvalue weighted by molar-refractivity contribution is 0.0947. The molecule has 0 heterocycles. The van der Waals surface area contributed by atoms with Crippen molar-refractivity contribution in [2.24, 2.45) is 0 Å². The van der Waals surface area contributed by atoms with Gasteiger partial charge in [0.2, 0.25) is 0 Å². The van der Waals surface area contributed by atoms with Crippen molar-refractivity contribution in [1.29, 1.82) is 0 Å². The van der Waals surface area contributed by atoms with Crippen molar-refractivity contribution in [3.8, 4) is 0 Å². The highest BCUT2D eigenvalue weighted by Gasteiger charge is 2.08. The number of carbonyl (C=O) groups is 1. The maximum Gasteiger partial charge on any atom is 0.176 e. The third-order valence-corrected chi connectivity index (χ3v) is 3.31. The zero-order valence-corrected chi connectivity index (χ0v) is 11.5. The standard InChI is InChI=1S/C13H20N2OS/c1-14-8-9-15(2)10-13(16)11-4-6-12(17-3)7-5-11/h4-7,14H,8-10H2,1-3H3. The van der Waals surface area contributed by atoms with Crippen LogP contribution in [0, 0.1) is 0 Å². The van der Waals surface area contributed by atoms with Crippen molar-refractivity contribution in [1.82, 2.24) is 10.2 Å². The molecular formula is C13H20N2OS. The molecule has 0 aliphatic rings. The van der Waals surface area contributed by atoms with Crippen LogP contribution in [0.15, 0.2) is 29.2 Å². The molecule has 0 unspecified atom stereocenters. The van der Waals surface area contributed by atoms with Crippen molar-refractivity contribution in [2.75, 3.05) is 40.0 Å². The summed E-state index contributed by atoms with van der Waals surface area (Å²) in [5, 5.41) is 3.07. The summed E-state index contributed by atoms with van der Waals surface area (Å²) in [5.74, 6) is 0.177. The minimum atomic E-state index is 0.177. The van der Waals surface area contributed by atoms with E-state index < -0.39 is 0 Å². The summed E-state index contributed by atoms with van der Waals surface area (Å²) in [6.07, 6.45) is 2.03. The summed E-state index contributed by atoms with van der Waals surface area (Å²) in [7, 11) is 3.88. The molecule has 0 fully saturated rings. The second-order valence-electron chi connectivity index (χ2n) is 3.99. The molecule has 0 saturated carbocycles. The topological polar surface area (TPSA) is 32.3 Å². The van der Waals surface area contributed by atoms with Crippen LogP contribution >= 0.6 is 11.8 Å². The molecule has 1 rings (SSSR count). The molecule has 0 aromatic heterocycles. The van der Waals surface area contributed by atoms with Gasteiger partial charge in [0, 0.05) is 23.5 Å². The maximum atomic E-state index is 11.9. The fourth-order valence-electron chi connectivity index (χ4n) is 1.50. The lowest BCUT2D eigenvalue weighted by Crippen LogP contribution is -2.31. The third kappa shape index (κ3) is 4.89. The van der Waals surface area contributed by atoms with E-state index >= 15 is 0 Å². The van der Waals surface area contributed by atoms with Crippen LogP contribution in [0.1, 0.15) is 10.4 Å². The van der Waals surface area contributed by atoms with Crippen LogP contribution in [0.25, 0.3) is 0 Å². The van der Waals surface area contributed by atoms with Crippen molar-refractivity contribution >= 4 is 17.5 Å². The fraction of sp³-hybridized carbons (Fsp3) is 0.462. The van der Waals surface area contributed by atoms with Crippen LogP contribution < -0.4 is 5.32 Å². The smallest absolute Gasteiger partial charge is 0.176 e. The second kappa shape index (κ2) is 7.48. The van der Waals surface area contributed by atoms with Gasteiger partial charge in [-0.25, -0.2) is 0 Å². The van der Waals surface area contributed by atoms with Gasteiger partial charge in [-0.05, 0) is 32.5 Å². The van der Waals surface area contributed by atoms with Crippen LogP contribution in [0.3, 0.4) is 0 Å². The molecule has 17 heavy (non-hydrogen) atoms. The van der Waals surface area contributed by atoms with E-state index in [0.717, 1.165) is 18.7 Å². The monoisotopic (exact) mass is 252 g/mol. The SMILES string of the molecule is CNCCN(C)CC(=O)c1ccc(SC)cc1. The van der Waals surface area contributed by atoms with E-state index in [1.807, 2.05) is 49.5 Å². The first-order valence-electron chi connectivity index (χ1n) is 5.67. The zero-order chi connectivity index (χ0) is 12.7. The van der Waals surface area contributed by atoms with Crippen molar-refractivity contribution in [3.63, 3.8) is 0 Å². The largest absolute Gasteiger partial charge is 0.318 e. The molecule has 4 heteroatoms. The summed E-state index contributed by atoms with van der Waals surface area (Å²) in [6, 6.07) is 7.79. The first kappa shape index (κ1) is 14.2. The summed E-state index contributed by atoms with van der Waals surface area (Å²) < 4.78 is 0. The second-order valence-corrected chi connectivity index (χ2v) is 4.87. The average molecular weight is 252 g/mol. The molecule has 0 atom stereocenters. The average Bonchev–Trinajstić information content (AvgIpc) is 2.36. The number of rotatable bonds is 7. The quantitative estimate of drug-likeness (QED) is 0.592. The number of hydrogen-bond acceptors (Lipinski definition) is 4. The van der Waals surface area contributed by atoms with Crippen molar-refractivity contribution in [2.45, 2.75) is 4.90 Å². The van der Waals surface area contributed by atoms with Crippen molar-refractivity contribution in [3.05, 3.63) is 29.8 Å². The molecular weight excluding hydrogens is 232 g/mol. The van der Waals surface area contributed by atoms with E-state index in [2.05, 4.69) is 5.32 Å². The van der Waals surface area contributed by atoms with Crippen LogP contribution in [0.4, 0.5) is 0 Å². The van der Waals surface area contributed by atoms with E-state index in [1.165, 1.54) is 4.90 Å². The van der Waals surface area contributed by atoms with Gasteiger partial charge in [-0.15, -0.1) is 11.8 Å². The third-order valence-electron chi connectivity index (χ3n) is 2.57. The van der Waals surface area contributed by atoms with Gasteiger partial charge in [-0.1, -0.05) is 12.1 Å². The highest BCUT2D eigenvalue weighted by Crippen LogP contribution is 2.15. The van der Waals surface area contributed by atoms with E-state index in [9.17, 15) is 4.79 Å². The lowest BCUT2D eigenvalue weighted by atomic mass is 10.1. The molecule has 3 nitrogen and oxygen atoms in total. The van der Waals surface area contributed by atoms with Gasteiger partial charge in [0.1, 0.15) is 0 Å². The fourth-order valence-corrected chi connectivity index (χ4v) is 1.90. The molecule has 0 amide bonds. The predicted octanol–water partition coefficient (Wildman–Crippen LogP) is 1.74. The first-order chi connectivity index (χ1) is 8.17. The van der Waals surface area contributed by atoms with Crippen molar-refractivity contribution < 1.29 is 4.79 Å². The highest BCUT2D eigenvalue weighted by molar-refractivity contribution is 7.98. The van der Waals surface area contributed by atoms with E-state index in [1.54, 1.807) is 11.8 Å². The number of nitrogens with one attached hydrogen (secondary N) is 1. The van der Waals surface area contributed by atoms with Gasteiger partial charge in [-0.2, -0.15) is 0 Å². The van der Waals surface area contributed by atoms with E-state index in [0.29, 0.717) is 6.54 Å². The number of likely N-dealkylation sites (N-methyl/N-ethyl adjacent to an activating group) is 2. The Balaban J connectivity index is 2.51. The molecule has 0 spiro atoms. The van der Waals surface area contributed by atoms with Gasteiger partial charge < -0.3 is 5.32 Å². The summed E-state index contributed by atoms with van der Waals surface area (Å²) in [5.41, 5.74) is 0.791. The number of ketones is 1. The molecule has 94 valence electrons. The van der Waals surface area contributed by atoms with E-state index in [-0.39, 0.29) is 5.78 Å². The van der Waals surface area contributed by atoms with Gasteiger partial charge in [-0.3, -0.25) is 9.69 Å².